The molecule has 0 aromatic heterocycles. The number of rotatable bonds is 6. The van der Waals surface area contributed by atoms with Gasteiger partial charge in [0, 0.05) is 12.3 Å². The lowest BCUT2D eigenvalue weighted by Crippen LogP contribution is -2.46. The molecule has 0 fully saturated rings. The summed E-state index contributed by atoms with van der Waals surface area (Å²) < 4.78 is 0. The molecule has 1 amide bonds. The van der Waals surface area contributed by atoms with Gasteiger partial charge in [0.15, 0.2) is 0 Å². The molecule has 0 saturated carbocycles. The van der Waals surface area contributed by atoms with E-state index in [0.717, 1.165) is 0 Å². The molecular weight excluding hydrogens is 266 g/mol. The van der Waals surface area contributed by atoms with Crippen LogP contribution in [0.25, 0.3) is 0 Å². The number of nitrogens with one attached hydrogen (secondary N) is 1. The standard InChI is InChI=1S/C13H21NO4S/c1-13(18,8-19-2)7-14-11(15)9-5-3-4-6-10(9)12(16)17/h3-4,9-10,18H,5-8H2,1-2H3,(H,14,15)(H,16,17). The number of hydrogen-bond acceptors (Lipinski definition) is 4. The number of carbonyl (C=O) groups excluding carboxylic acids is 1. The maximum Gasteiger partial charge on any atom is 0.307 e. The molecule has 3 N–H and O–H groups in total. The third-order valence-corrected chi connectivity index (χ3v) is 4.10. The van der Waals surface area contributed by atoms with Crippen LogP contribution in [0.1, 0.15) is 19.8 Å². The van der Waals surface area contributed by atoms with Gasteiger partial charge >= 0.3 is 5.97 Å². The lowest BCUT2D eigenvalue weighted by atomic mass is 9.82. The maximum absolute atomic E-state index is 12.0. The molecule has 0 heterocycles. The number of carboxylic acid groups (broad SMARTS) is 1. The van der Waals surface area contributed by atoms with E-state index < -0.39 is 23.4 Å². The molecule has 0 saturated heterocycles. The second-order valence-corrected chi connectivity index (χ2v) is 6.01. The summed E-state index contributed by atoms with van der Waals surface area (Å²) in [6.07, 6.45) is 6.33. The minimum Gasteiger partial charge on any atom is -0.481 e. The Morgan fingerprint density at radius 2 is 1.95 bits per heavy atom. The monoisotopic (exact) mass is 287 g/mol. The highest BCUT2D eigenvalue weighted by Crippen LogP contribution is 2.26. The van der Waals surface area contributed by atoms with Crippen molar-refractivity contribution in [3.8, 4) is 0 Å². The van der Waals surface area contributed by atoms with Crippen LogP contribution in [0.4, 0.5) is 0 Å². The van der Waals surface area contributed by atoms with Crippen molar-refractivity contribution in [3.05, 3.63) is 12.2 Å². The Hall–Kier alpha value is -1.01. The molecule has 3 unspecified atom stereocenters. The van der Waals surface area contributed by atoms with Crippen LogP contribution in [0, 0.1) is 11.8 Å². The molecule has 0 aromatic carbocycles. The highest BCUT2D eigenvalue weighted by atomic mass is 32.2. The smallest absolute Gasteiger partial charge is 0.307 e. The molecule has 6 heteroatoms. The summed E-state index contributed by atoms with van der Waals surface area (Å²) in [6.45, 7) is 1.79. The predicted octanol–water partition coefficient (Wildman–Crippen LogP) is 0.884. The van der Waals surface area contributed by atoms with Gasteiger partial charge in [0.25, 0.3) is 0 Å². The molecule has 0 bridgehead atoms. The number of hydrogen-bond donors (Lipinski definition) is 3. The van der Waals surface area contributed by atoms with Crippen molar-refractivity contribution in [3.63, 3.8) is 0 Å². The Morgan fingerprint density at radius 3 is 2.47 bits per heavy atom. The minimum absolute atomic E-state index is 0.138. The van der Waals surface area contributed by atoms with E-state index >= 15 is 0 Å². The zero-order valence-electron chi connectivity index (χ0n) is 11.3. The number of aliphatic carboxylic acids is 1. The van der Waals surface area contributed by atoms with Crippen LogP contribution in [0.2, 0.25) is 0 Å². The van der Waals surface area contributed by atoms with E-state index in [1.54, 1.807) is 13.0 Å². The van der Waals surface area contributed by atoms with Gasteiger partial charge in [-0.15, -0.1) is 0 Å². The van der Waals surface area contributed by atoms with Gasteiger partial charge in [0.05, 0.1) is 17.4 Å². The highest BCUT2D eigenvalue weighted by molar-refractivity contribution is 7.98. The number of carbonyl (C=O) groups is 2. The first-order valence-electron chi connectivity index (χ1n) is 6.24. The van der Waals surface area contributed by atoms with Crippen molar-refractivity contribution >= 4 is 23.6 Å². The molecule has 0 radical (unpaired) electrons. The van der Waals surface area contributed by atoms with Gasteiger partial charge in [-0.1, -0.05) is 12.2 Å². The molecule has 108 valence electrons. The van der Waals surface area contributed by atoms with Gasteiger partial charge in [-0.3, -0.25) is 9.59 Å². The fourth-order valence-corrected chi connectivity index (χ4v) is 2.87. The van der Waals surface area contributed by atoms with Crippen LogP contribution in [-0.2, 0) is 9.59 Å². The van der Waals surface area contributed by atoms with Crippen LogP contribution >= 0.6 is 11.8 Å². The summed E-state index contributed by atoms with van der Waals surface area (Å²) >= 11 is 1.49. The summed E-state index contributed by atoms with van der Waals surface area (Å²) in [5, 5.41) is 21.7. The number of aliphatic hydroxyl groups is 1. The molecule has 0 aliphatic heterocycles. The molecular formula is C13H21NO4S. The molecule has 3 atom stereocenters. The summed E-state index contributed by atoms with van der Waals surface area (Å²) in [5.41, 5.74) is -0.974. The quantitative estimate of drug-likeness (QED) is 0.631. The van der Waals surface area contributed by atoms with Gasteiger partial charge in [0.1, 0.15) is 0 Å². The van der Waals surface area contributed by atoms with Gasteiger partial charge in [-0.25, -0.2) is 0 Å². The Bertz CT molecular complexity index is 368. The molecule has 1 aliphatic rings. The van der Waals surface area contributed by atoms with E-state index in [1.165, 1.54) is 11.8 Å². The van der Waals surface area contributed by atoms with Crippen molar-refractivity contribution < 1.29 is 19.8 Å². The zero-order valence-corrected chi connectivity index (χ0v) is 12.1. The first kappa shape index (κ1) is 16.0. The lowest BCUT2D eigenvalue weighted by molar-refractivity contribution is -0.147. The second kappa shape index (κ2) is 6.96. The number of allylic oxidation sites excluding steroid dienone is 2. The van der Waals surface area contributed by atoms with Crippen molar-refractivity contribution in [1.29, 1.82) is 0 Å². The lowest BCUT2D eigenvalue weighted by Gasteiger charge is -2.27. The number of amides is 1. The van der Waals surface area contributed by atoms with Crippen LogP contribution in [0.5, 0.6) is 0 Å². The van der Waals surface area contributed by atoms with E-state index in [1.807, 2.05) is 12.3 Å². The Balaban J connectivity index is 2.57. The van der Waals surface area contributed by atoms with Gasteiger partial charge in [0.2, 0.25) is 5.91 Å². The topological polar surface area (TPSA) is 86.6 Å². The normalized spacial score (nSPS) is 25.6. The van der Waals surface area contributed by atoms with Gasteiger partial charge in [-0.2, -0.15) is 11.8 Å². The fourth-order valence-electron chi connectivity index (χ4n) is 2.15. The largest absolute Gasteiger partial charge is 0.481 e. The Labute approximate surface area is 117 Å². The van der Waals surface area contributed by atoms with Crippen molar-refractivity contribution in [2.75, 3.05) is 18.6 Å². The number of carboxylic acids is 1. The second-order valence-electron chi connectivity index (χ2n) is 5.14. The van der Waals surface area contributed by atoms with Gasteiger partial charge in [-0.05, 0) is 26.0 Å². The maximum atomic E-state index is 12.0. The molecule has 1 rings (SSSR count). The van der Waals surface area contributed by atoms with E-state index in [9.17, 15) is 14.7 Å². The third-order valence-electron chi connectivity index (χ3n) is 3.19. The van der Waals surface area contributed by atoms with Crippen molar-refractivity contribution in [2.45, 2.75) is 25.4 Å². The molecule has 0 aromatic rings. The van der Waals surface area contributed by atoms with Crippen LogP contribution in [-0.4, -0.2) is 46.2 Å². The van der Waals surface area contributed by atoms with Crippen molar-refractivity contribution in [1.82, 2.24) is 5.32 Å². The molecule has 5 nitrogen and oxygen atoms in total. The SMILES string of the molecule is CSCC(C)(O)CNC(=O)C1CC=CCC1C(=O)O. The van der Waals surface area contributed by atoms with Crippen LogP contribution in [0.3, 0.4) is 0 Å². The first-order chi connectivity index (χ1) is 8.87. The molecule has 0 spiro atoms. The first-order valence-corrected chi connectivity index (χ1v) is 7.63. The molecule has 19 heavy (non-hydrogen) atoms. The summed E-state index contributed by atoms with van der Waals surface area (Å²) in [5.74, 6) is -1.94. The third kappa shape index (κ3) is 4.87. The Kier molecular flexibility index (Phi) is 5.87. The highest BCUT2D eigenvalue weighted by Gasteiger charge is 2.34. The summed E-state index contributed by atoms with van der Waals surface area (Å²) in [7, 11) is 0. The van der Waals surface area contributed by atoms with E-state index in [4.69, 9.17) is 5.11 Å². The Morgan fingerprint density at radius 1 is 1.37 bits per heavy atom. The minimum atomic E-state index is -0.974. The zero-order chi connectivity index (χ0) is 14.5. The molecule has 1 aliphatic carbocycles. The fraction of sp³-hybridized carbons (Fsp3) is 0.692. The van der Waals surface area contributed by atoms with E-state index in [0.29, 0.717) is 18.6 Å². The predicted molar refractivity (Wildman–Crippen MR) is 75.0 cm³/mol. The average molecular weight is 287 g/mol. The van der Waals surface area contributed by atoms with E-state index in [-0.39, 0.29) is 12.5 Å². The van der Waals surface area contributed by atoms with Crippen LogP contribution < -0.4 is 5.32 Å². The van der Waals surface area contributed by atoms with E-state index in [2.05, 4.69) is 5.32 Å². The average Bonchev–Trinajstić information content (AvgIpc) is 2.36. The summed E-state index contributed by atoms with van der Waals surface area (Å²) in [6, 6.07) is 0. The summed E-state index contributed by atoms with van der Waals surface area (Å²) in [4.78, 5) is 23.1. The van der Waals surface area contributed by atoms with Gasteiger partial charge < -0.3 is 15.5 Å². The van der Waals surface area contributed by atoms with Crippen molar-refractivity contribution in [2.24, 2.45) is 11.8 Å². The van der Waals surface area contributed by atoms with Crippen LogP contribution in [0.15, 0.2) is 12.2 Å². The number of thioether (sulfide) groups is 1.